The summed E-state index contributed by atoms with van der Waals surface area (Å²) in [5.74, 6) is 0.951. The van der Waals surface area contributed by atoms with Gasteiger partial charge < -0.3 is 14.1 Å². The second-order valence-corrected chi connectivity index (χ2v) is 5.44. The Labute approximate surface area is 126 Å². The van der Waals surface area contributed by atoms with Gasteiger partial charge in [-0.2, -0.15) is 0 Å². The zero-order chi connectivity index (χ0) is 15.1. The molecule has 1 aliphatic rings. The molecule has 1 amide bonds. The molecule has 1 aromatic heterocycles. The Kier molecular flexibility index (Phi) is 6.22. The van der Waals surface area contributed by atoms with Crippen molar-refractivity contribution in [1.82, 2.24) is 14.7 Å². The van der Waals surface area contributed by atoms with E-state index in [1.807, 2.05) is 19.2 Å². The van der Waals surface area contributed by atoms with E-state index in [4.69, 9.17) is 9.15 Å². The lowest BCUT2D eigenvalue weighted by Gasteiger charge is -2.34. The predicted molar refractivity (Wildman–Crippen MR) is 79.9 cm³/mol. The lowest BCUT2D eigenvalue weighted by Crippen LogP contribution is -2.50. The van der Waals surface area contributed by atoms with Crippen LogP contribution in [0.2, 0.25) is 0 Å². The fraction of sp³-hybridized carbons (Fsp3) is 0.667. The van der Waals surface area contributed by atoms with E-state index in [2.05, 4.69) is 9.80 Å². The number of hydrogen-bond donors (Lipinski definition) is 0. The van der Waals surface area contributed by atoms with Crippen LogP contribution in [0.15, 0.2) is 22.8 Å². The van der Waals surface area contributed by atoms with Crippen molar-refractivity contribution in [3.05, 3.63) is 24.2 Å². The number of hydrogen-bond acceptors (Lipinski definition) is 5. The van der Waals surface area contributed by atoms with Crippen LogP contribution in [0, 0.1) is 0 Å². The average Bonchev–Trinajstić information content (AvgIpc) is 2.99. The maximum atomic E-state index is 12.2. The molecular weight excluding hydrogens is 270 g/mol. The lowest BCUT2D eigenvalue weighted by molar-refractivity contribution is -0.132. The van der Waals surface area contributed by atoms with Gasteiger partial charge in [0.15, 0.2) is 0 Å². The Balaban J connectivity index is 1.69. The third-order valence-electron chi connectivity index (χ3n) is 3.83. The van der Waals surface area contributed by atoms with Gasteiger partial charge in [0, 0.05) is 46.9 Å². The van der Waals surface area contributed by atoms with Gasteiger partial charge in [-0.1, -0.05) is 0 Å². The Morgan fingerprint density at radius 3 is 2.67 bits per heavy atom. The van der Waals surface area contributed by atoms with E-state index in [-0.39, 0.29) is 5.91 Å². The molecule has 1 saturated heterocycles. The summed E-state index contributed by atoms with van der Waals surface area (Å²) < 4.78 is 10.4. The van der Waals surface area contributed by atoms with Gasteiger partial charge in [-0.15, -0.1) is 0 Å². The fourth-order valence-corrected chi connectivity index (χ4v) is 2.43. The maximum absolute atomic E-state index is 12.2. The molecule has 2 rings (SSSR count). The van der Waals surface area contributed by atoms with Crippen LogP contribution in [0.5, 0.6) is 0 Å². The first-order valence-electron chi connectivity index (χ1n) is 7.39. The van der Waals surface area contributed by atoms with Gasteiger partial charge in [0.2, 0.25) is 5.91 Å². The highest BCUT2D eigenvalue weighted by Crippen LogP contribution is 2.06. The minimum Gasteiger partial charge on any atom is -0.467 e. The van der Waals surface area contributed by atoms with Crippen LogP contribution in [0.25, 0.3) is 0 Å². The molecule has 0 aromatic carbocycles. The molecule has 0 bridgehead atoms. The molecule has 0 unspecified atom stereocenters. The molecule has 118 valence electrons. The van der Waals surface area contributed by atoms with Gasteiger partial charge in [-0.05, 0) is 12.1 Å². The summed E-state index contributed by atoms with van der Waals surface area (Å²) in [6.45, 7) is 6.61. The van der Waals surface area contributed by atoms with Crippen LogP contribution in [0.1, 0.15) is 5.76 Å². The molecular formula is C15H25N3O3. The first-order valence-corrected chi connectivity index (χ1v) is 7.39. The number of amides is 1. The molecule has 1 fully saturated rings. The van der Waals surface area contributed by atoms with Gasteiger partial charge in [-0.3, -0.25) is 14.6 Å². The quantitative estimate of drug-likeness (QED) is 0.733. The smallest absolute Gasteiger partial charge is 0.236 e. The Morgan fingerprint density at radius 1 is 1.33 bits per heavy atom. The first kappa shape index (κ1) is 16.0. The Morgan fingerprint density at radius 2 is 2.05 bits per heavy atom. The molecule has 0 N–H and O–H groups in total. The number of ether oxygens (including phenoxy) is 1. The van der Waals surface area contributed by atoms with Gasteiger partial charge in [-0.25, -0.2) is 0 Å². The van der Waals surface area contributed by atoms with Crippen LogP contribution < -0.4 is 0 Å². The summed E-state index contributed by atoms with van der Waals surface area (Å²) in [7, 11) is 3.55. The van der Waals surface area contributed by atoms with Crippen molar-refractivity contribution >= 4 is 5.91 Å². The molecule has 0 spiro atoms. The fourth-order valence-electron chi connectivity index (χ4n) is 2.43. The standard InChI is InChI=1S/C15H25N3O3/c1-16(12-14-4-3-10-21-14)15(19)13-18-7-5-17(6-8-18)9-11-20-2/h3-4,10H,5-9,11-13H2,1-2H3. The minimum absolute atomic E-state index is 0.136. The molecule has 6 nitrogen and oxygen atoms in total. The van der Waals surface area contributed by atoms with Crippen molar-refractivity contribution in [2.45, 2.75) is 6.54 Å². The summed E-state index contributed by atoms with van der Waals surface area (Å²) in [6, 6.07) is 3.73. The molecule has 0 aliphatic carbocycles. The second-order valence-electron chi connectivity index (χ2n) is 5.44. The predicted octanol–water partition coefficient (Wildman–Crippen LogP) is 0.502. The third kappa shape index (κ3) is 5.15. The van der Waals surface area contributed by atoms with Crippen molar-refractivity contribution in [3.8, 4) is 0 Å². The lowest BCUT2D eigenvalue weighted by atomic mass is 10.3. The van der Waals surface area contributed by atoms with Crippen LogP contribution in [0.4, 0.5) is 0 Å². The van der Waals surface area contributed by atoms with E-state index >= 15 is 0 Å². The molecule has 0 radical (unpaired) electrons. The SMILES string of the molecule is COCCN1CCN(CC(=O)N(C)Cc2ccco2)CC1. The Hall–Kier alpha value is -1.37. The second kappa shape index (κ2) is 8.17. The number of rotatable bonds is 7. The van der Waals surface area contributed by atoms with Crippen LogP contribution in [-0.4, -0.2) is 80.6 Å². The number of piperazine rings is 1. The van der Waals surface area contributed by atoms with Gasteiger partial charge in [0.1, 0.15) is 5.76 Å². The summed E-state index contributed by atoms with van der Waals surface area (Å²) in [5.41, 5.74) is 0. The van der Waals surface area contributed by atoms with Gasteiger partial charge in [0.05, 0.1) is 26.0 Å². The normalized spacial score (nSPS) is 17.0. The summed E-state index contributed by atoms with van der Waals surface area (Å²) in [4.78, 5) is 18.5. The molecule has 0 saturated carbocycles. The largest absolute Gasteiger partial charge is 0.467 e. The van der Waals surface area contributed by atoms with Crippen LogP contribution in [0.3, 0.4) is 0 Å². The van der Waals surface area contributed by atoms with Crippen molar-refractivity contribution in [2.75, 3.05) is 60.0 Å². The number of carbonyl (C=O) groups is 1. The van der Waals surface area contributed by atoms with E-state index < -0.39 is 0 Å². The topological polar surface area (TPSA) is 49.2 Å². The number of nitrogens with zero attached hydrogens (tertiary/aromatic N) is 3. The molecule has 2 heterocycles. The maximum Gasteiger partial charge on any atom is 0.236 e. The number of likely N-dealkylation sites (N-methyl/N-ethyl adjacent to an activating group) is 1. The van der Waals surface area contributed by atoms with Crippen molar-refractivity contribution in [3.63, 3.8) is 0 Å². The molecule has 1 aromatic rings. The third-order valence-corrected chi connectivity index (χ3v) is 3.83. The summed E-state index contributed by atoms with van der Waals surface area (Å²) in [5, 5.41) is 0. The van der Waals surface area contributed by atoms with E-state index in [1.54, 1.807) is 18.3 Å². The highest BCUT2D eigenvalue weighted by atomic mass is 16.5. The Bertz CT molecular complexity index is 414. The zero-order valence-corrected chi connectivity index (χ0v) is 13.0. The van der Waals surface area contributed by atoms with Crippen molar-refractivity contribution in [2.24, 2.45) is 0 Å². The van der Waals surface area contributed by atoms with Crippen LogP contribution >= 0.6 is 0 Å². The monoisotopic (exact) mass is 295 g/mol. The highest BCUT2D eigenvalue weighted by Gasteiger charge is 2.20. The molecule has 21 heavy (non-hydrogen) atoms. The molecule has 0 atom stereocenters. The van der Waals surface area contributed by atoms with Crippen molar-refractivity contribution < 1.29 is 13.9 Å². The number of carbonyl (C=O) groups excluding carboxylic acids is 1. The molecule has 6 heteroatoms. The zero-order valence-electron chi connectivity index (χ0n) is 13.0. The minimum atomic E-state index is 0.136. The van der Waals surface area contributed by atoms with E-state index in [1.165, 1.54) is 0 Å². The van der Waals surface area contributed by atoms with Crippen LogP contribution in [-0.2, 0) is 16.1 Å². The first-order chi connectivity index (χ1) is 10.2. The average molecular weight is 295 g/mol. The molecule has 1 aliphatic heterocycles. The number of methoxy groups -OCH3 is 1. The highest BCUT2D eigenvalue weighted by molar-refractivity contribution is 5.77. The van der Waals surface area contributed by atoms with Gasteiger partial charge >= 0.3 is 0 Å². The van der Waals surface area contributed by atoms with E-state index in [9.17, 15) is 4.79 Å². The van der Waals surface area contributed by atoms with E-state index in [0.717, 1.165) is 45.1 Å². The van der Waals surface area contributed by atoms with Crippen molar-refractivity contribution in [1.29, 1.82) is 0 Å². The summed E-state index contributed by atoms with van der Waals surface area (Å²) >= 11 is 0. The summed E-state index contributed by atoms with van der Waals surface area (Å²) in [6.07, 6.45) is 1.63. The number of furan rings is 1. The van der Waals surface area contributed by atoms with Gasteiger partial charge in [0.25, 0.3) is 0 Å². The van der Waals surface area contributed by atoms with E-state index in [0.29, 0.717) is 13.1 Å².